The van der Waals surface area contributed by atoms with Gasteiger partial charge in [-0.3, -0.25) is 14.2 Å². The number of hydrogen-bond donors (Lipinski definition) is 0. The Kier molecular flexibility index (Phi) is 8.98. The number of nitrogens with zero attached hydrogens (tertiary/aromatic N) is 5. The number of aromatic nitrogens is 3. The van der Waals surface area contributed by atoms with E-state index in [1.54, 1.807) is 29.8 Å². The van der Waals surface area contributed by atoms with Crippen LogP contribution in [0, 0.1) is 5.82 Å². The van der Waals surface area contributed by atoms with Crippen LogP contribution >= 0.6 is 11.8 Å². The molecule has 1 aliphatic heterocycles. The molecule has 1 fully saturated rings. The Labute approximate surface area is 243 Å². The number of carbonyl (C=O) groups excluding carboxylic acids is 2. The third-order valence-corrected chi connectivity index (χ3v) is 8.09. The molecule has 0 saturated carbocycles. The Morgan fingerprint density at radius 1 is 1.00 bits per heavy atom. The van der Waals surface area contributed by atoms with Gasteiger partial charge in [0.15, 0.2) is 11.0 Å². The smallest absolute Gasteiger partial charge is 0.254 e. The van der Waals surface area contributed by atoms with Crippen LogP contribution < -0.4 is 4.74 Å². The van der Waals surface area contributed by atoms with Crippen LogP contribution in [0.15, 0.2) is 84.0 Å². The molecule has 8 nitrogen and oxygen atoms in total. The molecule has 212 valence electrons. The third-order valence-electron chi connectivity index (χ3n) is 7.07. The number of rotatable bonds is 9. The van der Waals surface area contributed by atoms with E-state index in [0.29, 0.717) is 55.4 Å². The van der Waals surface area contributed by atoms with Gasteiger partial charge in [-0.2, -0.15) is 0 Å². The zero-order chi connectivity index (χ0) is 28.8. The van der Waals surface area contributed by atoms with Crippen LogP contribution in [0.25, 0.3) is 17.1 Å². The number of ether oxygens (including phenoxy) is 1. The molecule has 1 saturated heterocycles. The Balaban J connectivity index is 1.20. The van der Waals surface area contributed by atoms with Crippen molar-refractivity contribution in [1.82, 2.24) is 24.6 Å². The summed E-state index contributed by atoms with van der Waals surface area (Å²) in [5.74, 6) is 1.52. The zero-order valence-electron chi connectivity index (χ0n) is 23.1. The van der Waals surface area contributed by atoms with Crippen molar-refractivity contribution in [3.8, 4) is 22.8 Å². The van der Waals surface area contributed by atoms with E-state index in [1.807, 2.05) is 71.0 Å². The lowest BCUT2D eigenvalue weighted by molar-refractivity contribution is -0.133. The lowest BCUT2D eigenvalue weighted by Crippen LogP contribution is -2.55. The molecule has 5 rings (SSSR count). The highest BCUT2D eigenvalue weighted by Crippen LogP contribution is 2.32. The van der Waals surface area contributed by atoms with Gasteiger partial charge in [0.25, 0.3) is 5.91 Å². The number of hydrogen-bond acceptors (Lipinski definition) is 6. The molecular weight excluding hydrogens is 541 g/mol. The van der Waals surface area contributed by atoms with Crippen LogP contribution in [-0.4, -0.2) is 74.9 Å². The maximum Gasteiger partial charge on any atom is 0.254 e. The Morgan fingerprint density at radius 2 is 1.78 bits per heavy atom. The van der Waals surface area contributed by atoms with Gasteiger partial charge in [0.05, 0.1) is 12.8 Å². The van der Waals surface area contributed by atoms with Crippen molar-refractivity contribution in [2.45, 2.75) is 31.0 Å². The number of methoxy groups -OCH3 is 1. The van der Waals surface area contributed by atoms with E-state index in [-0.39, 0.29) is 17.9 Å². The number of halogens is 1. The molecule has 4 aromatic rings. The third kappa shape index (κ3) is 6.43. The summed E-state index contributed by atoms with van der Waals surface area (Å²) < 4.78 is 21.2. The molecule has 0 bridgehead atoms. The van der Waals surface area contributed by atoms with E-state index in [4.69, 9.17) is 4.74 Å². The standard InChI is InChI=1S/C31H32FN5O3S/c1-22-21-35(17-18-36(22)30(39)24-12-8-13-25(32)20-24)28(38)16-9-19-41-31-34-33-29(23-10-4-3-5-11-23)37(31)26-14-6-7-15-27(26)40-2/h3-8,10-15,20,22H,9,16-19,21H2,1-2H3. The maximum absolute atomic E-state index is 13.6. The van der Waals surface area contributed by atoms with Crippen molar-refractivity contribution >= 4 is 23.6 Å². The molecule has 2 amide bonds. The first-order chi connectivity index (χ1) is 20.0. The predicted octanol–water partition coefficient (Wildman–Crippen LogP) is 5.33. The fourth-order valence-corrected chi connectivity index (χ4v) is 5.87. The van der Waals surface area contributed by atoms with Gasteiger partial charge in [-0.25, -0.2) is 4.39 Å². The molecule has 3 aromatic carbocycles. The largest absolute Gasteiger partial charge is 0.495 e. The van der Waals surface area contributed by atoms with E-state index in [9.17, 15) is 14.0 Å². The van der Waals surface area contributed by atoms with Crippen molar-refractivity contribution in [3.63, 3.8) is 0 Å². The predicted molar refractivity (Wildman–Crippen MR) is 157 cm³/mol. The fraction of sp³-hybridized carbons (Fsp3) is 0.290. The quantitative estimate of drug-likeness (QED) is 0.199. The minimum atomic E-state index is -0.437. The molecule has 2 heterocycles. The van der Waals surface area contributed by atoms with E-state index >= 15 is 0 Å². The summed E-state index contributed by atoms with van der Waals surface area (Å²) in [7, 11) is 1.64. The minimum absolute atomic E-state index is 0.0616. The van der Waals surface area contributed by atoms with Crippen molar-refractivity contribution in [1.29, 1.82) is 0 Å². The Bertz CT molecular complexity index is 1510. The average molecular weight is 574 g/mol. The summed E-state index contributed by atoms with van der Waals surface area (Å²) in [6.07, 6.45) is 1.06. The van der Waals surface area contributed by atoms with Gasteiger partial charge in [-0.1, -0.05) is 60.3 Å². The van der Waals surface area contributed by atoms with Gasteiger partial charge in [0.2, 0.25) is 5.91 Å². The van der Waals surface area contributed by atoms with Crippen molar-refractivity contribution in [2.75, 3.05) is 32.5 Å². The molecule has 0 radical (unpaired) electrons. The average Bonchev–Trinajstić information content (AvgIpc) is 3.42. The summed E-state index contributed by atoms with van der Waals surface area (Å²) >= 11 is 1.55. The first-order valence-electron chi connectivity index (χ1n) is 13.6. The lowest BCUT2D eigenvalue weighted by Gasteiger charge is -2.40. The molecule has 1 atom stereocenters. The molecule has 0 N–H and O–H groups in total. The second-order valence-electron chi connectivity index (χ2n) is 9.83. The van der Waals surface area contributed by atoms with E-state index in [1.165, 1.54) is 18.2 Å². The molecule has 0 aliphatic carbocycles. The van der Waals surface area contributed by atoms with Gasteiger partial charge in [-0.15, -0.1) is 10.2 Å². The Hall–Kier alpha value is -4.18. The van der Waals surface area contributed by atoms with Crippen LogP contribution in [0.4, 0.5) is 4.39 Å². The molecule has 1 unspecified atom stereocenters. The lowest BCUT2D eigenvalue weighted by atomic mass is 10.1. The molecule has 1 aromatic heterocycles. The van der Waals surface area contributed by atoms with Gasteiger partial charge >= 0.3 is 0 Å². The highest BCUT2D eigenvalue weighted by atomic mass is 32.2. The number of amides is 2. The van der Waals surface area contributed by atoms with Crippen LogP contribution in [0.3, 0.4) is 0 Å². The Morgan fingerprint density at radius 3 is 2.54 bits per heavy atom. The maximum atomic E-state index is 13.6. The molecule has 41 heavy (non-hydrogen) atoms. The number of thioether (sulfide) groups is 1. The fourth-order valence-electron chi connectivity index (χ4n) is 4.99. The van der Waals surface area contributed by atoms with Gasteiger partial charge in [0.1, 0.15) is 11.6 Å². The molecule has 10 heteroatoms. The topological polar surface area (TPSA) is 80.6 Å². The first kappa shape index (κ1) is 28.4. The number of para-hydroxylation sites is 2. The van der Waals surface area contributed by atoms with E-state index < -0.39 is 5.82 Å². The van der Waals surface area contributed by atoms with Crippen LogP contribution in [0.2, 0.25) is 0 Å². The normalized spacial score (nSPS) is 15.1. The summed E-state index contributed by atoms with van der Waals surface area (Å²) in [4.78, 5) is 29.4. The highest BCUT2D eigenvalue weighted by molar-refractivity contribution is 7.99. The van der Waals surface area contributed by atoms with E-state index in [2.05, 4.69) is 10.2 Å². The summed E-state index contributed by atoms with van der Waals surface area (Å²) in [5, 5.41) is 9.69. The monoisotopic (exact) mass is 573 g/mol. The van der Waals surface area contributed by atoms with Gasteiger partial charge in [0, 0.05) is 49.0 Å². The second-order valence-corrected chi connectivity index (χ2v) is 10.9. The van der Waals surface area contributed by atoms with Crippen LogP contribution in [0.5, 0.6) is 5.75 Å². The minimum Gasteiger partial charge on any atom is -0.495 e. The van der Waals surface area contributed by atoms with Crippen molar-refractivity contribution in [3.05, 3.63) is 90.2 Å². The van der Waals surface area contributed by atoms with E-state index in [0.717, 1.165) is 16.4 Å². The number of piperazine rings is 1. The van der Waals surface area contributed by atoms with Gasteiger partial charge in [-0.05, 0) is 43.7 Å². The second kappa shape index (κ2) is 13.0. The van der Waals surface area contributed by atoms with Crippen LogP contribution in [0.1, 0.15) is 30.1 Å². The van der Waals surface area contributed by atoms with Crippen molar-refractivity contribution in [2.24, 2.45) is 0 Å². The summed E-state index contributed by atoms with van der Waals surface area (Å²) in [5.41, 5.74) is 2.11. The number of benzene rings is 3. The summed E-state index contributed by atoms with van der Waals surface area (Å²) in [6.45, 7) is 3.25. The highest BCUT2D eigenvalue weighted by Gasteiger charge is 2.30. The van der Waals surface area contributed by atoms with Crippen molar-refractivity contribution < 1.29 is 18.7 Å². The SMILES string of the molecule is COc1ccccc1-n1c(SCCCC(=O)N2CCN(C(=O)c3cccc(F)c3)C(C)C2)nnc1-c1ccccc1. The van der Waals surface area contributed by atoms with Crippen LogP contribution in [-0.2, 0) is 4.79 Å². The number of carbonyl (C=O) groups is 2. The molecule has 0 spiro atoms. The molecular formula is C31H32FN5O3S. The molecule has 1 aliphatic rings. The first-order valence-corrected chi connectivity index (χ1v) is 14.6. The zero-order valence-corrected chi connectivity index (χ0v) is 23.9. The summed E-state index contributed by atoms with van der Waals surface area (Å²) in [6, 6.07) is 23.2. The van der Waals surface area contributed by atoms with Gasteiger partial charge < -0.3 is 14.5 Å².